The Labute approximate surface area is 218 Å². The molecule has 2 N–H and O–H groups in total. The number of fused-ring (bicyclic) bond motifs is 2. The van der Waals surface area contributed by atoms with E-state index in [1.54, 1.807) is 24.8 Å². The molecule has 1 fully saturated rings. The summed E-state index contributed by atoms with van der Waals surface area (Å²) in [6, 6.07) is 9.83. The standard InChI is InChI=1S/C28H25N9O/c1-2-10-37(9-1)11-12-38-21-13-19(15-30-17-21)20-14-22-25(35-36-27(22)32-16-20)28-33-23-5-8-31-24(26(23)34-28)18-3-6-29-7-4-18/h3-8,13-17H,1-2,9-12H2,(H,33,34)(H,32,35,36). The van der Waals surface area contributed by atoms with Crippen molar-refractivity contribution in [2.75, 3.05) is 26.2 Å². The summed E-state index contributed by atoms with van der Waals surface area (Å²) in [5.41, 5.74) is 6.63. The zero-order valence-corrected chi connectivity index (χ0v) is 20.6. The maximum Gasteiger partial charge on any atom is 0.159 e. The molecule has 6 aromatic heterocycles. The molecule has 0 amide bonds. The summed E-state index contributed by atoms with van der Waals surface area (Å²) < 4.78 is 6.01. The van der Waals surface area contributed by atoms with E-state index in [0.29, 0.717) is 23.8 Å². The van der Waals surface area contributed by atoms with Crippen LogP contribution in [0.3, 0.4) is 0 Å². The maximum atomic E-state index is 6.01. The molecule has 0 atom stereocenters. The summed E-state index contributed by atoms with van der Waals surface area (Å²) in [5, 5.41) is 8.43. The minimum absolute atomic E-state index is 0.644. The lowest BCUT2D eigenvalue weighted by Gasteiger charge is -2.15. The van der Waals surface area contributed by atoms with Crippen LogP contribution < -0.4 is 4.74 Å². The van der Waals surface area contributed by atoms with Gasteiger partial charge in [0.25, 0.3) is 0 Å². The molecule has 0 spiro atoms. The molecule has 1 saturated heterocycles. The van der Waals surface area contributed by atoms with Crippen LogP contribution in [0.15, 0.2) is 67.5 Å². The number of imidazole rings is 1. The zero-order valence-electron chi connectivity index (χ0n) is 20.6. The van der Waals surface area contributed by atoms with Gasteiger partial charge in [-0.05, 0) is 56.3 Å². The number of nitrogens with one attached hydrogen (secondary N) is 2. The molecule has 0 saturated carbocycles. The Morgan fingerprint density at radius 1 is 0.842 bits per heavy atom. The third-order valence-corrected chi connectivity index (χ3v) is 6.92. The van der Waals surface area contributed by atoms with Crippen LogP contribution in [0, 0.1) is 0 Å². The lowest BCUT2D eigenvalue weighted by atomic mass is 10.1. The van der Waals surface area contributed by atoms with E-state index in [9.17, 15) is 0 Å². The highest BCUT2D eigenvalue weighted by molar-refractivity contribution is 5.96. The van der Waals surface area contributed by atoms with E-state index in [1.165, 1.54) is 12.8 Å². The molecule has 10 heteroatoms. The van der Waals surface area contributed by atoms with Crippen LogP contribution in [0.4, 0.5) is 0 Å². The van der Waals surface area contributed by atoms with Gasteiger partial charge in [0.15, 0.2) is 11.5 Å². The van der Waals surface area contributed by atoms with Crippen molar-refractivity contribution in [2.24, 2.45) is 0 Å². The molecule has 0 bridgehead atoms. The van der Waals surface area contributed by atoms with Crippen molar-refractivity contribution in [3.05, 3.63) is 67.5 Å². The zero-order chi connectivity index (χ0) is 25.3. The number of aromatic amines is 2. The fourth-order valence-electron chi connectivity index (χ4n) is 4.96. The molecule has 7 rings (SSSR count). The maximum absolute atomic E-state index is 6.01. The van der Waals surface area contributed by atoms with Crippen molar-refractivity contribution in [3.8, 4) is 39.7 Å². The highest BCUT2D eigenvalue weighted by Crippen LogP contribution is 2.32. The number of nitrogens with zero attached hydrogens (tertiary/aromatic N) is 7. The number of likely N-dealkylation sites (tertiary alicyclic amines) is 1. The van der Waals surface area contributed by atoms with Gasteiger partial charge in [0.2, 0.25) is 0 Å². The highest BCUT2D eigenvalue weighted by atomic mass is 16.5. The lowest BCUT2D eigenvalue weighted by molar-refractivity contribution is 0.237. The fraction of sp³-hybridized carbons (Fsp3) is 0.214. The van der Waals surface area contributed by atoms with E-state index in [2.05, 4.69) is 46.1 Å². The van der Waals surface area contributed by atoms with E-state index in [4.69, 9.17) is 9.72 Å². The van der Waals surface area contributed by atoms with Crippen LogP contribution in [0.25, 0.3) is 56.0 Å². The lowest BCUT2D eigenvalue weighted by Crippen LogP contribution is -2.25. The number of rotatable bonds is 7. The summed E-state index contributed by atoms with van der Waals surface area (Å²) in [4.78, 5) is 28.4. The van der Waals surface area contributed by atoms with E-state index >= 15 is 0 Å². The van der Waals surface area contributed by atoms with Crippen molar-refractivity contribution in [3.63, 3.8) is 0 Å². The number of hydrogen-bond acceptors (Lipinski definition) is 8. The normalized spacial score (nSPS) is 14.0. The van der Waals surface area contributed by atoms with Crippen LogP contribution >= 0.6 is 0 Å². The van der Waals surface area contributed by atoms with Gasteiger partial charge in [-0.1, -0.05) is 0 Å². The molecular weight excluding hydrogens is 478 g/mol. The van der Waals surface area contributed by atoms with Gasteiger partial charge in [0, 0.05) is 54.2 Å². The number of aromatic nitrogens is 8. The van der Waals surface area contributed by atoms with Crippen molar-refractivity contribution in [2.45, 2.75) is 12.8 Å². The Balaban J connectivity index is 1.20. The fourth-order valence-corrected chi connectivity index (χ4v) is 4.96. The minimum Gasteiger partial charge on any atom is -0.491 e. The molecular formula is C28H25N9O. The first-order valence-electron chi connectivity index (χ1n) is 12.7. The molecule has 0 aliphatic carbocycles. The SMILES string of the molecule is c1cc(-c2nccc3[nH]c(-c4n[nH]c5ncc(-c6cncc(OCCN7CCCC7)c6)cc45)nc23)ccn1. The van der Waals surface area contributed by atoms with Crippen molar-refractivity contribution in [1.29, 1.82) is 0 Å². The molecule has 1 aliphatic rings. The Morgan fingerprint density at radius 2 is 1.71 bits per heavy atom. The topological polar surface area (TPSA) is 121 Å². The smallest absolute Gasteiger partial charge is 0.159 e. The highest BCUT2D eigenvalue weighted by Gasteiger charge is 2.17. The molecule has 1 aliphatic heterocycles. The van der Waals surface area contributed by atoms with Crippen molar-refractivity contribution < 1.29 is 4.74 Å². The van der Waals surface area contributed by atoms with Crippen molar-refractivity contribution in [1.82, 2.24) is 45.0 Å². The second-order valence-corrected chi connectivity index (χ2v) is 9.38. The third-order valence-electron chi connectivity index (χ3n) is 6.92. The molecule has 38 heavy (non-hydrogen) atoms. The van der Waals surface area contributed by atoms with Gasteiger partial charge in [-0.15, -0.1) is 0 Å². The van der Waals surface area contributed by atoms with Crippen LogP contribution in [-0.2, 0) is 0 Å². The monoisotopic (exact) mass is 503 g/mol. The van der Waals surface area contributed by atoms with Gasteiger partial charge in [0.05, 0.1) is 22.8 Å². The Bertz CT molecular complexity index is 1720. The Morgan fingerprint density at radius 3 is 2.61 bits per heavy atom. The van der Waals surface area contributed by atoms with Gasteiger partial charge < -0.3 is 9.72 Å². The molecule has 6 aromatic rings. The Hall–Kier alpha value is -4.70. The van der Waals surface area contributed by atoms with Gasteiger partial charge >= 0.3 is 0 Å². The van der Waals surface area contributed by atoms with Gasteiger partial charge in [-0.3, -0.25) is 25.0 Å². The minimum atomic E-state index is 0.644. The molecule has 10 nitrogen and oxygen atoms in total. The molecule has 7 heterocycles. The van der Waals surface area contributed by atoms with E-state index in [0.717, 1.165) is 64.2 Å². The average molecular weight is 504 g/mol. The number of hydrogen-bond donors (Lipinski definition) is 2. The number of ether oxygens (including phenoxy) is 1. The van der Waals surface area contributed by atoms with Gasteiger partial charge in [-0.25, -0.2) is 9.97 Å². The summed E-state index contributed by atoms with van der Waals surface area (Å²) in [6.45, 7) is 3.91. The molecule has 188 valence electrons. The summed E-state index contributed by atoms with van der Waals surface area (Å²) >= 11 is 0. The van der Waals surface area contributed by atoms with Gasteiger partial charge in [-0.2, -0.15) is 5.10 Å². The van der Waals surface area contributed by atoms with E-state index in [1.807, 2.05) is 36.7 Å². The van der Waals surface area contributed by atoms with E-state index < -0.39 is 0 Å². The predicted molar refractivity (Wildman–Crippen MR) is 144 cm³/mol. The first-order valence-corrected chi connectivity index (χ1v) is 12.7. The average Bonchev–Trinajstić information content (AvgIpc) is 3.73. The summed E-state index contributed by atoms with van der Waals surface area (Å²) in [5.74, 6) is 1.40. The van der Waals surface area contributed by atoms with E-state index in [-0.39, 0.29) is 0 Å². The largest absolute Gasteiger partial charge is 0.491 e. The predicted octanol–water partition coefficient (Wildman–Crippen LogP) is 4.49. The number of pyridine rings is 4. The van der Waals surface area contributed by atoms with Gasteiger partial charge in [0.1, 0.15) is 23.6 Å². The second kappa shape index (κ2) is 9.64. The summed E-state index contributed by atoms with van der Waals surface area (Å²) in [6.07, 6.45) is 13.2. The van der Waals surface area contributed by atoms with Crippen LogP contribution in [0.1, 0.15) is 12.8 Å². The molecule has 0 aromatic carbocycles. The number of H-pyrrole nitrogens is 2. The molecule has 0 unspecified atom stereocenters. The first-order chi connectivity index (χ1) is 18.8. The van der Waals surface area contributed by atoms with Crippen LogP contribution in [-0.4, -0.2) is 71.2 Å². The second-order valence-electron chi connectivity index (χ2n) is 9.38. The molecule has 0 radical (unpaired) electrons. The Kier molecular flexibility index (Phi) is 5.71. The van der Waals surface area contributed by atoms with Crippen LogP contribution in [0.2, 0.25) is 0 Å². The van der Waals surface area contributed by atoms with Crippen LogP contribution in [0.5, 0.6) is 5.75 Å². The third kappa shape index (κ3) is 4.24. The summed E-state index contributed by atoms with van der Waals surface area (Å²) in [7, 11) is 0. The quantitative estimate of drug-likeness (QED) is 0.327. The first kappa shape index (κ1) is 22.5. The van der Waals surface area contributed by atoms with Crippen molar-refractivity contribution >= 4 is 22.1 Å².